The van der Waals surface area contributed by atoms with Crippen LogP contribution in [0.25, 0.3) is 0 Å². The molecule has 0 saturated heterocycles. The number of aromatic nitrogens is 2. The quantitative estimate of drug-likeness (QED) is 0.683. The maximum atomic E-state index is 4.05. The highest BCUT2D eigenvalue weighted by atomic mass is 15.1. The van der Waals surface area contributed by atoms with E-state index in [0.29, 0.717) is 0 Å². The van der Waals surface area contributed by atoms with Crippen molar-refractivity contribution < 1.29 is 0 Å². The normalized spacial score (nSPS) is 12.9. The number of imidazole rings is 1. The Labute approximate surface area is 73.1 Å². The molecular weight excluding hydrogens is 150 g/mol. The molecule has 3 nitrogen and oxygen atoms in total. The fourth-order valence-electron chi connectivity index (χ4n) is 1.29. The molecule has 0 amide bonds. The Hall–Kier alpha value is -1.09. The van der Waals surface area contributed by atoms with Crippen LogP contribution in [0.1, 0.15) is 18.7 Å². The van der Waals surface area contributed by atoms with Gasteiger partial charge in [-0.1, -0.05) is 12.2 Å². The molecule has 1 aromatic rings. The summed E-state index contributed by atoms with van der Waals surface area (Å²) in [7, 11) is 3.90. The van der Waals surface area contributed by atoms with E-state index in [-0.39, 0.29) is 6.04 Å². The third kappa shape index (κ3) is 1.56. The molecule has 1 rings (SSSR count). The molecule has 1 N–H and O–H groups in total. The van der Waals surface area contributed by atoms with Crippen LogP contribution >= 0.6 is 0 Å². The van der Waals surface area contributed by atoms with Gasteiger partial charge in [0.05, 0.1) is 24.3 Å². The van der Waals surface area contributed by atoms with Crippen LogP contribution in [-0.2, 0) is 7.05 Å². The number of nitrogens with zero attached hydrogens (tertiary/aromatic N) is 2. The molecule has 1 aromatic heterocycles. The molecule has 1 unspecified atom stereocenters. The lowest BCUT2D eigenvalue weighted by atomic mass is 10.1. The standard InChI is InChI=1S/C9H15N3/c1-7(2)9(10-3)8-5-11-6-12(8)4/h5-6,9-10H,1H2,2-4H3. The van der Waals surface area contributed by atoms with Crippen LogP contribution in [0.5, 0.6) is 0 Å². The lowest BCUT2D eigenvalue weighted by Gasteiger charge is -2.16. The van der Waals surface area contributed by atoms with Gasteiger partial charge in [-0.25, -0.2) is 4.98 Å². The van der Waals surface area contributed by atoms with E-state index in [0.717, 1.165) is 11.3 Å². The van der Waals surface area contributed by atoms with Crippen molar-refractivity contribution in [3.05, 3.63) is 30.4 Å². The predicted octanol–water partition coefficient (Wildman–Crippen LogP) is 1.26. The van der Waals surface area contributed by atoms with Gasteiger partial charge in [-0.05, 0) is 14.0 Å². The minimum atomic E-state index is 0.206. The predicted molar refractivity (Wildman–Crippen MR) is 49.8 cm³/mol. The fourth-order valence-corrected chi connectivity index (χ4v) is 1.29. The van der Waals surface area contributed by atoms with Crippen molar-refractivity contribution >= 4 is 0 Å². The third-order valence-electron chi connectivity index (χ3n) is 1.93. The Morgan fingerprint density at radius 3 is 2.75 bits per heavy atom. The molecule has 0 aliphatic rings. The van der Waals surface area contributed by atoms with E-state index in [1.165, 1.54) is 0 Å². The summed E-state index contributed by atoms with van der Waals surface area (Å²) < 4.78 is 2.00. The Morgan fingerprint density at radius 1 is 1.75 bits per heavy atom. The van der Waals surface area contributed by atoms with Gasteiger partial charge in [0, 0.05) is 7.05 Å². The number of hydrogen-bond acceptors (Lipinski definition) is 2. The summed E-state index contributed by atoms with van der Waals surface area (Å²) in [4.78, 5) is 4.05. The van der Waals surface area contributed by atoms with Gasteiger partial charge in [-0.2, -0.15) is 0 Å². The largest absolute Gasteiger partial charge is 0.336 e. The first-order valence-corrected chi connectivity index (χ1v) is 3.95. The Kier molecular flexibility index (Phi) is 2.65. The molecule has 12 heavy (non-hydrogen) atoms. The van der Waals surface area contributed by atoms with Crippen LogP contribution in [0.15, 0.2) is 24.7 Å². The van der Waals surface area contributed by atoms with E-state index in [1.807, 2.05) is 31.8 Å². The van der Waals surface area contributed by atoms with Gasteiger partial charge in [-0.15, -0.1) is 0 Å². The molecule has 1 heterocycles. The summed E-state index contributed by atoms with van der Waals surface area (Å²) in [5, 5.41) is 3.18. The van der Waals surface area contributed by atoms with Gasteiger partial charge >= 0.3 is 0 Å². The molecule has 0 bridgehead atoms. The van der Waals surface area contributed by atoms with E-state index >= 15 is 0 Å². The van der Waals surface area contributed by atoms with Crippen molar-refractivity contribution in [2.75, 3.05) is 7.05 Å². The second kappa shape index (κ2) is 3.54. The van der Waals surface area contributed by atoms with E-state index < -0.39 is 0 Å². The van der Waals surface area contributed by atoms with Gasteiger partial charge in [0.25, 0.3) is 0 Å². The first kappa shape index (κ1) is 9.00. The van der Waals surface area contributed by atoms with Crippen LogP contribution in [0, 0.1) is 0 Å². The minimum Gasteiger partial charge on any atom is -0.336 e. The smallest absolute Gasteiger partial charge is 0.0946 e. The summed E-state index contributed by atoms with van der Waals surface area (Å²) in [6.45, 7) is 5.93. The Balaban J connectivity index is 2.94. The number of nitrogens with one attached hydrogen (secondary N) is 1. The second-order valence-electron chi connectivity index (χ2n) is 3.00. The molecule has 0 radical (unpaired) electrons. The zero-order valence-electron chi connectivity index (χ0n) is 7.83. The number of likely N-dealkylation sites (N-methyl/N-ethyl adjacent to an activating group) is 1. The van der Waals surface area contributed by atoms with Crippen molar-refractivity contribution in [2.45, 2.75) is 13.0 Å². The average Bonchev–Trinajstić information content (AvgIpc) is 2.38. The van der Waals surface area contributed by atoms with Gasteiger partial charge in [0.2, 0.25) is 0 Å². The number of aryl methyl sites for hydroxylation is 1. The summed E-state index contributed by atoms with van der Waals surface area (Å²) in [6, 6.07) is 0.206. The highest BCUT2D eigenvalue weighted by Gasteiger charge is 2.12. The van der Waals surface area contributed by atoms with Crippen LogP contribution in [-0.4, -0.2) is 16.6 Å². The zero-order valence-corrected chi connectivity index (χ0v) is 7.83. The van der Waals surface area contributed by atoms with Crippen molar-refractivity contribution in [2.24, 2.45) is 7.05 Å². The maximum absolute atomic E-state index is 4.05. The van der Waals surface area contributed by atoms with E-state index in [2.05, 4.69) is 16.9 Å². The third-order valence-corrected chi connectivity index (χ3v) is 1.93. The average molecular weight is 165 g/mol. The second-order valence-corrected chi connectivity index (χ2v) is 3.00. The minimum absolute atomic E-state index is 0.206. The molecule has 0 aromatic carbocycles. The molecule has 0 saturated carbocycles. The van der Waals surface area contributed by atoms with Gasteiger partial charge < -0.3 is 9.88 Å². The highest BCUT2D eigenvalue weighted by Crippen LogP contribution is 2.17. The SMILES string of the molecule is C=C(C)C(NC)c1cncn1C. The topological polar surface area (TPSA) is 29.9 Å². The highest BCUT2D eigenvalue weighted by molar-refractivity contribution is 5.17. The lowest BCUT2D eigenvalue weighted by Crippen LogP contribution is -2.19. The lowest BCUT2D eigenvalue weighted by molar-refractivity contribution is 0.629. The summed E-state index contributed by atoms with van der Waals surface area (Å²) in [5.74, 6) is 0. The van der Waals surface area contributed by atoms with Crippen LogP contribution in [0.4, 0.5) is 0 Å². The number of hydrogen-bond donors (Lipinski definition) is 1. The van der Waals surface area contributed by atoms with Crippen molar-refractivity contribution in [1.82, 2.24) is 14.9 Å². The number of rotatable bonds is 3. The van der Waals surface area contributed by atoms with Crippen molar-refractivity contribution in [1.29, 1.82) is 0 Å². The van der Waals surface area contributed by atoms with Gasteiger partial charge in [0.1, 0.15) is 0 Å². The molecule has 0 aliphatic heterocycles. The molecule has 3 heteroatoms. The molecular formula is C9H15N3. The first-order valence-electron chi connectivity index (χ1n) is 3.95. The van der Waals surface area contributed by atoms with Crippen molar-refractivity contribution in [3.63, 3.8) is 0 Å². The molecule has 0 spiro atoms. The molecule has 1 atom stereocenters. The molecule has 0 aliphatic carbocycles. The van der Waals surface area contributed by atoms with E-state index in [4.69, 9.17) is 0 Å². The van der Waals surface area contributed by atoms with Crippen LogP contribution < -0.4 is 5.32 Å². The van der Waals surface area contributed by atoms with E-state index in [9.17, 15) is 0 Å². The zero-order chi connectivity index (χ0) is 9.14. The summed E-state index contributed by atoms with van der Waals surface area (Å²) in [6.07, 6.45) is 3.65. The monoisotopic (exact) mass is 165 g/mol. The van der Waals surface area contributed by atoms with Crippen LogP contribution in [0.2, 0.25) is 0 Å². The molecule has 0 fully saturated rings. The molecule has 66 valence electrons. The summed E-state index contributed by atoms with van der Waals surface area (Å²) in [5.41, 5.74) is 2.24. The van der Waals surface area contributed by atoms with Gasteiger partial charge in [-0.3, -0.25) is 0 Å². The van der Waals surface area contributed by atoms with Gasteiger partial charge in [0.15, 0.2) is 0 Å². The maximum Gasteiger partial charge on any atom is 0.0946 e. The summed E-state index contributed by atoms with van der Waals surface area (Å²) >= 11 is 0. The Morgan fingerprint density at radius 2 is 2.42 bits per heavy atom. The Bertz CT molecular complexity index is 275. The fraction of sp³-hybridized carbons (Fsp3) is 0.444. The van der Waals surface area contributed by atoms with E-state index in [1.54, 1.807) is 6.33 Å². The van der Waals surface area contributed by atoms with Crippen LogP contribution in [0.3, 0.4) is 0 Å². The van der Waals surface area contributed by atoms with Crippen molar-refractivity contribution in [3.8, 4) is 0 Å². The first-order chi connectivity index (χ1) is 5.66.